The van der Waals surface area contributed by atoms with Crippen LogP contribution < -0.4 is 4.84 Å². The van der Waals surface area contributed by atoms with Crippen molar-refractivity contribution < 1.29 is 19.8 Å². The van der Waals surface area contributed by atoms with Crippen molar-refractivity contribution in [2.24, 2.45) is 0 Å². The van der Waals surface area contributed by atoms with Crippen LogP contribution in [0.1, 0.15) is 10.4 Å². The van der Waals surface area contributed by atoms with Crippen molar-refractivity contribution in [1.82, 2.24) is 15.2 Å². The standard InChI is InChI=1S/C13H9N3O4/c17-11-6-5-8(7-12(11)18)13(19)20-16-10-4-2-1-3-9(10)14-15-16/h1-7,17-18H. The Kier molecular flexibility index (Phi) is 2.72. The molecule has 2 N–H and O–H groups in total. The van der Waals surface area contributed by atoms with E-state index in [1.165, 1.54) is 12.1 Å². The SMILES string of the molecule is O=C(On1nnc2ccccc21)c1ccc(O)c(O)c1. The Hall–Kier alpha value is -3.09. The second-order valence-electron chi connectivity index (χ2n) is 4.03. The smallest absolute Gasteiger partial charge is 0.365 e. The molecule has 20 heavy (non-hydrogen) atoms. The molecule has 3 rings (SSSR count). The summed E-state index contributed by atoms with van der Waals surface area (Å²) in [6, 6.07) is 10.6. The minimum Gasteiger partial charge on any atom is -0.504 e. The number of carbonyl (C=O) groups excluding carboxylic acids is 1. The number of aromatic nitrogens is 3. The molecule has 0 aliphatic heterocycles. The van der Waals surface area contributed by atoms with Crippen molar-refractivity contribution in [2.45, 2.75) is 0 Å². The number of para-hydroxylation sites is 1. The minimum absolute atomic E-state index is 0.0832. The Bertz CT molecular complexity index is 797. The van der Waals surface area contributed by atoms with Crippen molar-refractivity contribution in [1.29, 1.82) is 0 Å². The van der Waals surface area contributed by atoms with E-state index in [1.54, 1.807) is 24.3 Å². The van der Waals surface area contributed by atoms with Gasteiger partial charge < -0.3 is 15.1 Å². The van der Waals surface area contributed by atoms with Gasteiger partial charge >= 0.3 is 5.97 Å². The summed E-state index contributed by atoms with van der Waals surface area (Å²) >= 11 is 0. The monoisotopic (exact) mass is 271 g/mol. The van der Waals surface area contributed by atoms with Crippen molar-refractivity contribution in [3.63, 3.8) is 0 Å². The largest absolute Gasteiger partial charge is 0.504 e. The van der Waals surface area contributed by atoms with Gasteiger partial charge in [0.2, 0.25) is 0 Å². The van der Waals surface area contributed by atoms with E-state index >= 15 is 0 Å². The summed E-state index contributed by atoms with van der Waals surface area (Å²) in [5, 5.41) is 26.1. The highest BCUT2D eigenvalue weighted by Gasteiger charge is 2.14. The summed E-state index contributed by atoms with van der Waals surface area (Å²) in [5.74, 6) is -1.44. The highest BCUT2D eigenvalue weighted by Crippen LogP contribution is 2.24. The van der Waals surface area contributed by atoms with Gasteiger partial charge in [-0.25, -0.2) is 4.79 Å². The summed E-state index contributed by atoms with van der Waals surface area (Å²) < 4.78 is 0. The van der Waals surface area contributed by atoms with Gasteiger partial charge in [-0.15, -0.1) is 5.10 Å². The van der Waals surface area contributed by atoms with E-state index in [9.17, 15) is 15.0 Å². The number of carbonyl (C=O) groups is 1. The normalized spacial score (nSPS) is 10.6. The number of hydrogen-bond acceptors (Lipinski definition) is 6. The molecule has 0 atom stereocenters. The lowest BCUT2D eigenvalue weighted by Crippen LogP contribution is -2.20. The van der Waals surface area contributed by atoms with Crippen LogP contribution in [0.4, 0.5) is 0 Å². The van der Waals surface area contributed by atoms with Gasteiger partial charge in [0.05, 0.1) is 5.56 Å². The third kappa shape index (κ3) is 2.01. The van der Waals surface area contributed by atoms with Crippen molar-refractivity contribution in [3.8, 4) is 11.5 Å². The molecule has 0 saturated carbocycles. The number of benzene rings is 2. The van der Waals surface area contributed by atoms with E-state index in [-0.39, 0.29) is 11.3 Å². The Morgan fingerprint density at radius 1 is 1.10 bits per heavy atom. The number of aromatic hydroxyl groups is 2. The number of phenolic OH excluding ortho intramolecular Hbond substituents is 2. The predicted octanol–water partition coefficient (Wildman–Crippen LogP) is 1.11. The molecule has 7 heteroatoms. The first-order chi connectivity index (χ1) is 9.65. The maximum absolute atomic E-state index is 11.9. The molecule has 0 fully saturated rings. The summed E-state index contributed by atoms with van der Waals surface area (Å²) in [4.78, 5) is 18.0. The van der Waals surface area contributed by atoms with Gasteiger partial charge in [-0.1, -0.05) is 17.0 Å². The average molecular weight is 271 g/mol. The van der Waals surface area contributed by atoms with Crippen molar-refractivity contribution in [2.75, 3.05) is 0 Å². The number of rotatable bonds is 2. The van der Waals surface area contributed by atoms with Crippen LogP contribution in [-0.2, 0) is 0 Å². The van der Waals surface area contributed by atoms with E-state index in [0.29, 0.717) is 11.0 Å². The Morgan fingerprint density at radius 3 is 2.70 bits per heavy atom. The van der Waals surface area contributed by atoms with Crippen LogP contribution in [0, 0.1) is 0 Å². The van der Waals surface area contributed by atoms with E-state index in [1.807, 2.05) is 0 Å². The minimum atomic E-state index is -0.726. The molecular weight excluding hydrogens is 262 g/mol. The van der Waals surface area contributed by atoms with Crippen LogP contribution >= 0.6 is 0 Å². The number of hydrogen-bond donors (Lipinski definition) is 2. The molecule has 0 aliphatic carbocycles. The molecule has 0 saturated heterocycles. The van der Waals surface area contributed by atoms with Crippen LogP contribution in [0.3, 0.4) is 0 Å². The van der Waals surface area contributed by atoms with Gasteiger partial charge in [0.25, 0.3) is 0 Å². The lowest BCUT2D eigenvalue weighted by molar-refractivity contribution is 0.0408. The number of fused-ring (bicyclic) bond motifs is 1. The van der Waals surface area contributed by atoms with Crippen LogP contribution in [0.2, 0.25) is 0 Å². The molecule has 0 bridgehead atoms. The first-order valence-electron chi connectivity index (χ1n) is 5.70. The Morgan fingerprint density at radius 2 is 1.90 bits per heavy atom. The maximum atomic E-state index is 11.9. The van der Waals surface area contributed by atoms with Crippen molar-refractivity contribution in [3.05, 3.63) is 48.0 Å². The number of phenols is 2. The van der Waals surface area contributed by atoms with Crippen LogP contribution in [0.15, 0.2) is 42.5 Å². The topological polar surface area (TPSA) is 97.5 Å². The molecule has 1 aromatic heterocycles. The van der Waals surface area contributed by atoms with E-state index in [0.717, 1.165) is 10.9 Å². The van der Waals surface area contributed by atoms with Gasteiger partial charge in [-0.05, 0) is 35.5 Å². The molecule has 2 aromatic carbocycles. The fourth-order valence-corrected chi connectivity index (χ4v) is 1.70. The fraction of sp³-hybridized carbons (Fsp3) is 0. The first kappa shape index (κ1) is 12.0. The third-order valence-electron chi connectivity index (χ3n) is 2.70. The first-order valence-corrected chi connectivity index (χ1v) is 5.70. The molecule has 7 nitrogen and oxygen atoms in total. The van der Waals surface area contributed by atoms with Crippen LogP contribution in [0.5, 0.6) is 11.5 Å². The maximum Gasteiger partial charge on any atom is 0.365 e. The Labute approximate surface area is 112 Å². The molecule has 3 aromatic rings. The zero-order valence-electron chi connectivity index (χ0n) is 10.1. The van der Waals surface area contributed by atoms with Crippen molar-refractivity contribution >= 4 is 17.0 Å². The Balaban J connectivity index is 1.90. The zero-order valence-corrected chi connectivity index (χ0v) is 10.1. The van der Waals surface area contributed by atoms with E-state index in [4.69, 9.17) is 4.84 Å². The number of nitrogens with zero attached hydrogens (tertiary/aromatic N) is 3. The van der Waals surface area contributed by atoms with Gasteiger partial charge in [-0.3, -0.25) is 0 Å². The molecule has 0 aliphatic rings. The molecular formula is C13H9N3O4. The van der Waals surface area contributed by atoms with Gasteiger partial charge in [0, 0.05) is 0 Å². The highest BCUT2D eigenvalue weighted by molar-refractivity contribution is 5.90. The molecule has 1 heterocycles. The molecule has 100 valence electrons. The summed E-state index contributed by atoms with van der Waals surface area (Å²) in [6.45, 7) is 0. The third-order valence-corrected chi connectivity index (χ3v) is 2.70. The second kappa shape index (κ2) is 4.54. The van der Waals surface area contributed by atoms with E-state index < -0.39 is 11.7 Å². The van der Waals surface area contributed by atoms with Gasteiger partial charge in [0.1, 0.15) is 11.0 Å². The predicted molar refractivity (Wildman–Crippen MR) is 68.2 cm³/mol. The average Bonchev–Trinajstić information content (AvgIpc) is 2.85. The molecule has 0 amide bonds. The highest BCUT2D eigenvalue weighted by atomic mass is 16.7. The summed E-state index contributed by atoms with van der Waals surface area (Å²) in [7, 11) is 0. The zero-order chi connectivity index (χ0) is 14.1. The lowest BCUT2D eigenvalue weighted by Gasteiger charge is -2.04. The van der Waals surface area contributed by atoms with Gasteiger partial charge in [-0.2, -0.15) is 0 Å². The summed E-state index contributed by atoms with van der Waals surface area (Å²) in [5.41, 5.74) is 1.22. The summed E-state index contributed by atoms with van der Waals surface area (Å²) in [6.07, 6.45) is 0. The second-order valence-corrected chi connectivity index (χ2v) is 4.03. The molecule has 0 unspecified atom stereocenters. The fourth-order valence-electron chi connectivity index (χ4n) is 1.70. The quantitative estimate of drug-likeness (QED) is 0.535. The lowest BCUT2D eigenvalue weighted by atomic mass is 10.2. The van der Waals surface area contributed by atoms with Crippen LogP contribution in [-0.4, -0.2) is 31.3 Å². The van der Waals surface area contributed by atoms with E-state index in [2.05, 4.69) is 10.3 Å². The molecule has 0 spiro atoms. The molecule has 0 radical (unpaired) electrons. The van der Waals surface area contributed by atoms with Gasteiger partial charge in [0.15, 0.2) is 11.5 Å². The van der Waals surface area contributed by atoms with Crippen LogP contribution in [0.25, 0.3) is 11.0 Å².